The fourth-order valence-corrected chi connectivity index (χ4v) is 1.70. The fourth-order valence-electron chi connectivity index (χ4n) is 1.70. The van der Waals surface area contributed by atoms with Gasteiger partial charge in [0, 0.05) is 0 Å². The predicted octanol–water partition coefficient (Wildman–Crippen LogP) is 1.09. The first kappa shape index (κ1) is 10.0. The SMILES string of the molecule is CC(C)CNC[C@@H]1CNC[C@H]1C. The van der Waals surface area contributed by atoms with Crippen molar-refractivity contribution < 1.29 is 0 Å². The van der Waals surface area contributed by atoms with Crippen molar-refractivity contribution in [3.63, 3.8) is 0 Å². The monoisotopic (exact) mass is 170 g/mol. The van der Waals surface area contributed by atoms with E-state index in [0.717, 1.165) is 24.3 Å². The van der Waals surface area contributed by atoms with Gasteiger partial charge in [-0.25, -0.2) is 0 Å². The summed E-state index contributed by atoms with van der Waals surface area (Å²) in [5.74, 6) is 2.48. The summed E-state index contributed by atoms with van der Waals surface area (Å²) in [5, 5.41) is 6.94. The predicted molar refractivity (Wildman–Crippen MR) is 53.2 cm³/mol. The number of hydrogen-bond acceptors (Lipinski definition) is 2. The highest BCUT2D eigenvalue weighted by Gasteiger charge is 2.21. The molecule has 2 nitrogen and oxygen atoms in total. The topological polar surface area (TPSA) is 24.1 Å². The van der Waals surface area contributed by atoms with E-state index in [4.69, 9.17) is 0 Å². The molecule has 1 aliphatic rings. The van der Waals surface area contributed by atoms with Crippen molar-refractivity contribution in [1.29, 1.82) is 0 Å². The van der Waals surface area contributed by atoms with Crippen molar-refractivity contribution in [3.8, 4) is 0 Å². The second-order valence-electron chi connectivity index (χ2n) is 4.45. The Hall–Kier alpha value is -0.0800. The largest absolute Gasteiger partial charge is 0.316 e. The Kier molecular flexibility index (Phi) is 4.02. The molecule has 0 amide bonds. The zero-order valence-electron chi connectivity index (χ0n) is 8.56. The van der Waals surface area contributed by atoms with Gasteiger partial charge in [-0.1, -0.05) is 20.8 Å². The van der Waals surface area contributed by atoms with Crippen molar-refractivity contribution in [2.24, 2.45) is 17.8 Å². The molecular weight excluding hydrogens is 148 g/mol. The van der Waals surface area contributed by atoms with Crippen LogP contribution in [0, 0.1) is 17.8 Å². The fraction of sp³-hybridized carbons (Fsp3) is 1.00. The Labute approximate surface area is 76.1 Å². The molecule has 0 spiro atoms. The number of rotatable bonds is 4. The number of hydrogen-bond donors (Lipinski definition) is 2. The Morgan fingerprint density at radius 1 is 1.42 bits per heavy atom. The van der Waals surface area contributed by atoms with E-state index in [9.17, 15) is 0 Å². The maximum absolute atomic E-state index is 3.52. The third-order valence-electron chi connectivity index (χ3n) is 2.64. The van der Waals surface area contributed by atoms with Gasteiger partial charge in [0.15, 0.2) is 0 Å². The molecule has 0 bridgehead atoms. The van der Waals surface area contributed by atoms with Crippen LogP contribution in [-0.2, 0) is 0 Å². The van der Waals surface area contributed by atoms with Gasteiger partial charge in [-0.15, -0.1) is 0 Å². The van der Waals surface area contributed by atoms with Gasteiger partial charge in [0.25, 0.3) is 0 Å². The Morgan fingerprint density at radius 3 is 2.67 bits per heavy atom. The smallest absolute Gasteiger partial charge is 0.000523 e. The standard InChI is InChI=1S/C10H22N2/c1-8(2)4-11-6-10-7-12-5-9(10)3/h8-12H,4-7H2,1-3H3/t9-,10-/m1/s1. The van der Waals surface area contributed by atoms with Crippen LogP contribution >= 0.6 is 0 Å². The molecule has 0 saturated carbocycles. The minimum Gasteiger partial charge on any atom is -0.316 e. The van der Waals surface area contributed by atoms with Crippen molar-refractivity contribution >= 4 is 0 Å². The van der Waals surface area contributed by atoms with Crippen LogP contribution in [0.2, 0.25) is 0 Å². The molecule has 1 saturated heterocycles. The normalized spacial score (nSPS) is 30.0. The molecule has 2 heteroatoms. The van der Waals surface area contributed by atoms with E-state index in [1.807, 2.05) is 0 Å². The van der Waals surface area contributed by atoms with Crippen molar-refractivity contribution in [1.82, 2.24) is 10.6 Å². The number of nitrogens with one attached hydrogen (secondary N) is 2. The van der Waals surface area contributed by atoms with Crippen LogP contribution in [0.15, 0.2) is 0 Å². The van der Waals surface area contributed by atoms with Gasteiger partial charge < -0.3 is 10.6 Å². The van der Waals surface area contributed by atoms with Crippen molar-refractivity contribution in [3.05, 3.63) is 0 Å². The summed E-state index contributed by atoms with van der Waals surface area (Å²) in [6.07, 6.45) is 0. The van der Waals surface area contributed by atoms with Crippen molar-refractivity contribution in [2.75, 3.05) is 26.2 Å². The van der Waals surface area contributed by atoms with E-state index in [1.165, 1.54) is 19.6 Å². The van der Waals surface area contributed by atoms with Crippen LogP contribution in [0.1, 0.15) is 20.8 Å². The van der Waals surface area contributed by atoms with Crippen LogP contribution in [0.3, 0.4) is 0 Å². The zero-order valence-corrected chi connectivity index (χ0v) is 8.56. The van der Waals surface area contributed by atoms with Gasteiger partial charge in [-0.05, 0) is 43.9 Å². The minimum atomic E-state index is 0.773. The molecular formula is C10H22N2. The van der Waals surface area contributed by atoms with Crippen molar-refractivity contribution in [2.45, 2.75) is 20.8 Å². The molecule has 2 N–H and O–H groups in total. The van der Waals surface area contributed by atoms with E-state index in [-0.39, 0.29) is 0 Å². The molecule has 1 fully saturated rings. The maximum atomic E-state index is 3.52. The average Bonchev–Trinajstić information content (AvgIpc) is 2.36. The molecule has 0 aliphatic carbocycles. The lowest BCUT2D eigenvalue weighted by molar-refractivity contribution is 0.406. The lowest BCUT2D eigenvalue weighted by Gasteiger charge is -2.15. The second kappa shape index (κ2) is 4.83. The van der Waals surface area contributed by atoms with E-state index < -0.39 is 0 Å². The van der Waals surface area contributed by atoms with Gasteiger partial charge in [0.1, 0.15) is 0 Å². The lowest BCUT2D eigenvalue weighted by atomic mass is 9.98. The first-order valence-electron chi connectivity index (χ1n) is 5.11. The summed E-state index contributed by atoms with van der Waals surface area (Å²) in [5.41, 5.74) is 0. The summed E-state index contributed by atoms with van der Waals surface area (Å²) in [7, 11) is 0. The Bertz CT molecular complexity index is 123. The second-order valence-corrected chi connectivity index (χ2v) is 4.45. The van der Waals surface area contributed by atoms with E-state index >= 15 is 0 Å². The van der Waals surface area contributed by atoms with E-state index in [0.29, 0.717) is 0 Å². The highest BCUT2D eigenvalue weighted by atomic mass is 14.9. The van der Waals surface area contributed by atoms with E-state index in [1.54, 1.807) is 0 Å². The quantitative estimate of drug-likeness (QED) is 0.660. The molecule has 1 aliphatic heterocycles. The summed E-state index contributed by atoms with van der Waals surface area (Å²) in [6.45, 7) is 11.6. The molecule has 0 aromatic carbocycles. The summed E-state index contributed by atoms with van der Waals surface area (Å²) >= 11 is 0. The van der Waals surface area contributed by atoms with Gasteiger partial charge in [-0.2, -0.15) is 0 Å². The van der Waals surface area contributed by atoms with Crippen LogP contribution in [0.4, 0.5) is 0 Å². The van der Waals surface area contributed by atoms with Gasteiger partial charge in [-0.3, -0.25) is 0 Å². The summed E-state index contributed by atoms with van der Waals surface area (Å²) in [6, 6.07) is 0. The lowest BCUT2D eigenvalue weighted by Crippen LogP contribution is -2.29. The molecule has 0 aromatic rings. The van der Waals surface area contributed by atoms with Gasteiger partial charge >= 0.3 is 0 Å². The van der Waals surface area contributed by atoms with Crippen LogP contribution < -0.4 is 10.6 Å². The molecule has 1 heterocycles. The first-order chi connectivity index (χ1) is 5.70. The molecule has 1 rings (SSSR count). The zero-order chi connectivity index (χ0) is 8.97. The third-order valence-corrected chi connectivity index (χ3v) is 2.64. The van der Waals surface area contributed by atoms with Crippen LogP contribution in [0.25, 0.3) is 0 Å². The third kappa shape index (κ3) is 3.11. The Balaban J connectivity index is 2.06. The molecule has 2 atom stereocenters. The molecule has 0 aromatic heterocycles. The molecule has 12 heavy (non-hydrogen) atoms. The minimum absolute atomic E-state index is 0.773. The van der Waals surface area contributed by atoms with Gasteiger partial charge in [0.05, 0.1) is 0 Å². The first-order valence-corrected chi connectivity index (χ1v) is 5.11. The Morgan fingerprint density at radius 2 is 2.17 bits per heavy atom. The maximum Gasteiger partial charge on any atom is -0.000523 e. The molecule has 0 unspecified atom stereocenters. The molecule has 0 radical (unpaired) electrons. The van der Waals surface area contributed by atoms with Crippen LogP contribution in [-0.4, -0.2) is 26.2 Å². The summed E-state index contributed by atoms with van der Waals surface area (Å²) < 4.78 is 0. The van der Waals surface area contributed by atoms with E-state index in [2.05, 4.69) is 31.4 Å². The van der Waals surface area contributed by atoms with Crippen LogP contribution in [0.5, 0.6) is 0 Å². The highest BCUT2D eigenvalue weighted by molar-refractivity contribution is 4.79. The molecule has 72 valence electrons. The highest BCUT2D eigenvalue weighted by Crippen LogP contribution is 2.14. The average molecular weight is 170 g/mol. The summed E-state index contributed by atoms with van der Waals surface area (Å²) in [4.78, 5) is 0. The van der Waals surface area contributed by atoms with Gasteiger partial charge in [0.2, 0.25) is 0 Å².